The summed E-state index contributed by atoms with van der Waals surface area (Å²) in [5.74, 6) is -1.39. The maximum absolute atomic E-state index is 11.5. The molecule has 5 N–H and O–H groups in total. The lowest BCUT2D eigenvalue weighted by molar-refractivity contribution is -0.145. The highest BCUT2D eigenvalue weighted by molar-refractivity contribution is 5.98. The highest BCUT2D eigenvalue weighted by Crippen LogP contribution is 2.01. The normalized spacial score (nSPS) is 11.3. The molecule has 108 valence electrons. The van der Waals surface area contributed by atoms with Gasteiger partial charge in [0, 0.05) is 6.54 Å². The van der Waals surface area contributed by atoms with Gasteiger partial charge in [0.15, 0.2) is 5.96 Å². The number of rotatable bonds is 8. The van der Waals surface area contributed by atoms with E-state index < -0.39 is 17.9 Å². The van der Waals surface area contributed by atoms with Crippen molar-refractivity contribution in [3.8, 4) is 0 Å². The Morgan fingerprint density at radius 2 is 1.95 bits per heavy atom. The summed E-state index contributed by atoms with van der Waals surface area (Å²) in [6.45, 7) is 1.64. The van der Waals surface area contributed by atoms with Gasteiger partial charge in [-0.2, -0.15) is 0 Å². The third kappa shape index (κ3) is 8.58. The van der Waals surface area contributed by atoms with E-state index >= 15 is 0 Å². The Balaban J connectivity index is 4.31. The van der Waals surface area contributed by atoms with Crippen molar-refractivity contribution in [3.63, 3.8) is 0 Å². The molecule has 1 atom stereocenters. The van der Waals surface area contributed by atoms with Gasteiger partial charge in [-0.25, -0.2) is 4.79 Å². The van der Waals surface area contributed by atoms with Crippen LogP contribution in [-0.4, -0.2) is 43.3 Å². The van der Waals surface area contributed by atoms with E-state index in [1.807, 2.05) is 0 Å². The molecule has 0 radical (unpaired) electrons. The number of nitrogens with one attached hydrogen (secondary N) is 1. The fraction of sp³-hybridized carbons (Fsp3) is 0.636. The van der Waals surface area contributed by atoms with Crippen molar-refractivity contribution < 1.29 is 19.1 Å². The van der Waals surface area contributed by atoms with Gasteiger partial charge in [-0.15, -0.1) is 0 Å². The van der Waals surface area contributed by atoms with E-state index in [1.54, 1.807) is 0 Å². The maximum Gasteiger partial charge on any atom is 0.328 e. The number of hydrogen-bond donors (Lipinski definition) is 3. The zero-order chi connectivity index (χ0) is 14.8. The number of amides is 1. The van der Waals surface area contributed by atoms with E-state index in [2.05, 4.69) is 15.0 Å². The number of ketones is 1. The predicted molar refractivity (Wildman–Crippen MR) is 69.2 cm³/mol. The Bertz CT molecular complexity index is 364. The van der Waals surface area contributed by atoms with Gasteiger partial charge in [0.25, 0.3) is 0 Å². The molecule has 0 aromatic heterocycles. The first-order valence-corrected chi connectivity index (χ1v) is 5.78. The molecule has 0 heterocycles. The maximum atomic E-state index is 11.5. The molecule has 1 amide bonds. The Morgan fingerprint density at radius 1 is 1.32 bits per heavy atom. The summed E-state index contributed by atoms with van der Waals surface area (Å²) >= 11 is 0. The van der Waals surface area contributed by atoms with Gasteiger partial charge in [-0.3, -0.25) is 14.6 Å². The zero-order valence-electron chi connectivity index (χ0n) is 11.1. The molecule has 0 rings (SSSR count). The summed E-state index contributed by atoms with van der Waals surface area (Å²) in [4.78, 5) is 37.4. The van der Waals surface area contributed by atoms with Gasteiger partial charge in [0.1, 0.15) is 11.8 Å². The molecular weight excluding hydrogens is 252 g/mol. The molecular formula is C11H20N4O4. The molecule has 0 fully saturated rings. The average molecular weight is 272 g/mol. The molecule has 0 aromatic carbocycles. The first kappa shape index (κ1) is 16.9. The smallest absolute Gasteiger partial charge is 0.328 e. The van der Waals surface area contributed by atoms with E-state index in [0.717, 1.165) is 0 Å². The van der Waals surface area contributed by atoms with Crippen molar-refractivity contribution in [2.24, 2.45) is 16.5 Å². The molecule has 0 aliphatic heterocycles. The minimum Gasteiger partial charge on any atom is -0.467 e. The second kappa shape index (κ2) is 8.90. The Kier molecular flexibility index (Phi) is 7.90. The van der Waals surface area contributed by atoms with Gasteiger partial charge >= 0.3 is 5.97 Å². The van der Waals surface area contributed by atoms with Crippen molar-refractivity contribution in [3.05, 3.63) is 0 Å². The number of carbonyl (C=O) groups excluding carboxylic acids is 3. The van der Waals surface area contributed by atoms with Crippen molar-refractivity contribution >= 4 is 23.6 Å². The summed E-state index contributed by atoms with van der Waals surface area (Å²) in [5.41, 5.74) is 10.3. The fourth-order valence-electron chi connectivity index (χ4n) is 1.37. The Labute approximate surface area is 111 Å². The number of methoxy groups -OCH3 is 1. The molecule has 19 heavy (non-hydrogen) atoms. The SMILES string of the molecule is COC(=O)[C@H](CCCN=C(N)N)NC(=O)CC(C)=O. The summed E-state index contributed by atoms with van der Waals surface area (Å²) in [5, 5.41) is 2.44. The summed E-state index contributed by atoms with van der Waals surface area (Å²) in [6.07, 6.45) is 0.562. The molecule has 0 bridgehead atoms. The van der Waals surface area contributed by atoms with Crippen LogP contribution in [0, 0.1) is 0 Å². The highest BCUT2D eigenvalue weighted by atomic mass is 16.5. The second-order valence-electron chi connectivity index (χ2n) is 3.97. The molecule has 0 saturated carbocycles. The fourth-order valence-corrected chi connectivity index (χ4v) is 1.37. The van der Waals surface area contributed by atoms with Crippen LogP contribution in [0.25, 0.3) is 0 Å². The number of aliphatic imine (C=N–C) groups is 1. The molecule has 0 aliphatic carbocycles. The van der Waals surface area contributed by atoms with Crippen LogP contribution < -0.4 is 16.8 Å². The third-order valence-corrected chi connectivity index (χ3v) is 2.18. The number of Topliss-reactive ketones (excluding diaryl/α,β-unsaturated/α-hetero) is 1. The van der Waals surface area contributed by atoms with Crippen molar-refractivity contribution in [2.45, 2.75) is 32.2 Å². The Hall–Kier alpha value is -2.12. The minimum atomic E-state index is -0.800. The van der Waals surface area contributed by atoms with Crippen LogP contribution >= 0.6 is 0 Å². The van der Waals surface area contributed by atoms with Gasteiger partial charge in [0.2, 0.25) is 5.91 Å². The van der Waals surface area contributed by atoms with E-state index in [4.69, 9.17) is 11.5 Å². The summed E-state index contributed by atoms with van der Waals surface area (Å²) in [7, 11) is 1.22. The number of nitrogens with zero attached hydrogens (tertiary/aromatic N) is 1. The molecule has 0 aliphatic rings. The van der Waals surface area contributed by atoms with Crippen LogP contribution in [0.2, 0.25) is 0 Å². The lowest BCUT2D eigenvalue weighted by Crippen LogP contribution is -2.42. The number of carbonyl (C=O) groups is 3. The monoisotopic (exact) mass is 272 g/mol. The van der Waals surface area contributed by atoms with Crippen LogP contribution in [0.15, 0.2) is 4.99 Å². The second-order valence-corrected chi connectivity index (χ2v) is 3.97. The van der Waals surface area contributed by atoms with Crippen molar-refractivity contribution in [2.75, 3.05) is 13.7 Å². The number of ether oxygens (including phenoxy) is 1. The zero-order valence-corrected chi connectivity index (χ0v) is 11.1. The quantitative estimate of drug-likeness (QED) is 0.165. The highest BCUT2D eigenvalue weighted by Gasteiger charge is 2.21. The molecule has 8 heteroatoms. The standard InChI is InChI=1S/C11H20N4O4/c1-7(16)6-9(17)15-8(10(18)19-2)4-3-5-14-11(12)13/h8H,3-6H2,1-2H3,(H,15,17)(H4,12,13,14)/t8-/m0/s1. The molecule has 0 saturated heterocycles. The number of nitrogens with two attached hydrogens (primary N) is 2. The topological polar surface area (TPSA) is 137 Å². The van der Waals surface area contributed by atoms with Gasteiger partial charge < -0.3 is 21.5 Å². The lowest BCUT2D eigenvalue weighted by atomic mass is 10.1. The van der Waals surface area contributed by atoms with E-state index in [1.165, 1.54) is 14.0 Å². The van der Waals surface area contributed by atoms with Crippen LogP contribution in [0.5, 0.6) is 0 Å². The summed E-state index contributed by atoms with van der Waals surface area (Å²) in [6, 6.07) is -0.800. The average Bonchev–Trinajstić information content (AvgIpc) is 2.30. The van der Waals surface area contributed by atoms with Crippen molar-refractivity contribution in [1.29, 1.82) is 0 Å². The molecule has 0 unspecified atom stereocenters. The van der Waals surface area contributed by atoms with Crippen LogP contribution in [0.4, 0.5) is 0 Å². The van der Waals surface area contributed by atoms with Gasteiger partial charge in [-0.1, -0.05) is 0 Å². The molecule has 0 aromatic rings. The first-order chi connectivity index (χ1) is 8.86. The predicted octanol–water partition coefficient (Wildman–Crippen LogP) is -1.32. The van der Waals surface area contributed by atoms with Crippen LogP contribution in [0.3, 0.4) is 0 Å². The first-order valence-electron chi connectivity index (χ1n) is 5.78. The van der Waals surface area contributed by atoms with Gasteiger partial charge in [-0.05, 0) is 19.8 Å². The van der Waals surface area contributed by atoms with Crippen LogP contribution in [-0.2, 0) is 19.1 Å². The van der Waals surface area contributed by atoms with Crippen LogP contribution in [0.1, 0.15) is 26.2 Å². The van der Waals surface area contributed by atoms with E-state index in [-0.39, 0.29) is 18.2 Å². The largest absolute Gasteiger partial charge is 0.467 e. The lowest BCUT2D eigenvalue weighted by Gasteiger charge is -2.15. The molecule has 0 spiro atoms. The Morgan fingerprint density at radius 3 is 2.42 bits per heavy atom. The summed E-state index contributed by atoms with van der Waals surface area (Å²) < 4.78 is 4.57. The number of guanidine groups is 1. The van der Waals surface area contributed by atoms with Gasteiger partial charge in [0.05, 0.1) is 13.5 Å². The van der Waals surface area contributed by atoms with E-state index in [0.29, 0.717) is 19.4 Å². The van der Waals surface area contributed by atoms with Crippen molar-refractivity contribution in [1.82, 2.24) is 5.32 Å². The molecule has 8 nitrogen and oxygen atoms in total. The minimum absolute atomic E-state index is 0.0322. The third-order valence-electron chi connectivity index (χ3n) is 2.18. The number of esters is 1. The number of hydrogen-bond acceptors (Lipinski definition) is 5. The van der Waals surface area contributed by atoms with E-state index in [9.17, 15) is 14.4 Å².